The Morgan fingerprint density at radius 3 is 2.67 bits per heavy atom. The number of carbonyl (C=O) groups is 1. The van der Waals surface area contributed by atoms with Crippen molar-refractivity contribution in [2.75, 3.05) is 18.1 Å². The minimum atomic E-state index is -3.04. The Morgan fingerprint density at radius 2 is 2.07 bits per heavy atom. The standard InChI is InChI=1S/C19H24N2O4S2/c1-4-21(15-9-10-27(23,24)12-15)19(22)16-7-5-6-8-18(16)26-11-17-13(2)20-25-14(17)3/h5-8,15H,4,9-12H2,1-3H3/t15-/m1/s1. The summed E-state index contributed by atoms with van der Waals surface area (Å²) in [5.74, 6) is 1.55. The zero-order valence-electron chi connectivity index (χ0n) is 15.8. The van der Waals surface area contributed by atoms with E-state index in [-0.39, 0.29) is 23.5 Å². The molecule has 0 N–H and O–H groups in total. The number of thioether (sulfide) groups is 1. The Balaban J connectivity index is 1.81. The van der Waals surface area contributed by atoms with Gasteiger partial charge in [-0.3, -0.25) is 4.79 Å². The highest BCUT2D eigenvalue weighted by Gasteiger charge is 2.34. The topological polar surface area (TPSA) is 80.5 Å². The average molecular weight is 409 g/mol. The quantitative estimate of drug-likeness (QED) is 0.683. The number of nitrogens with zero attached hydrogens (tertiary/aromatic N) is 2. The maximum atomic E-state index is 13.2. The largest absolute Gasteiger partial charge is 0.361 e. The molecule has 0 spiro atoms. The van der Waals surface area contributed by atoms with E-state index >= 15 is 0 Å². The highest BCUT2D eigenvalue weighted by atomic mass is 32.2. The molecule has 6 nitrogen and oxygen atoms in total. The molecule has 1 atom stereocenters. The molecule has 1 aliphatic heterocycles. The summed E-state index contributed by atoms with van der Waals surface area (Å²) in [4.78, 5) is 15.7. The van der Waals surface area contributed by atoms with Crippen LogP contribution in [0.1, 0.15) is 40.7 Å². The van der Waals surface area contributed by atoms with E-state index in [1.54, 1.807) is 16.7 Å². The van der Waals surface area contributed by atoms with Crippen LogP contribution in [0.25, 0.3) is 0 Å². The molecular formula is C19H24N2O4S2. The zero-order chi connectivity index (χ0) is 19.6. The number of aryl methyl sites for hydroxylation is 2. The first-order valence-corrected chi connectivity index (χ1v) is 11.8. The molecule has 2 aromatic rings. The molecule has 1 saturated heterocycles. The number of amides is 1. The van der Waals surface area contributed by atoms with Gasteiger partial charge in [-0.25, -0.2) is 8.42 Å². The molecule has 0 aliphatic carbocycles. The van der Waals surface area contributed by atoms with E-state index in [2.05, 4.69) is 5.16 Å². The lowest BCUT2D eigenvalue weighted by Gasteiger charge is -2.27. The molecule has 2 heterocycles. The lowest BCUT2D eigenvalue weighted by molar-refractivity contribution is 0.0705. The van der Waals surface area contributed by atoms with Crippen LogP contribution in [0.15, 0.2) is 33.7 Å². The average Bonchev–Trinajstić information content (AvgIpc) is 3.15. The van der Waals surface area contributed by atoms with Gasteiger partial charge in [0.15, 0.2) is 9.84 Å². The second kappa shape index (κ2) is 8.06. The van der Waals surface area contributed by atoms with Gasteiger partial charge in [-0.05, 0) is 39.3 Å². The molecule has 8 heteroatoms. The molecule has 0 radical (unpaired) electrons. The van der Waals surface area contributed by atoms with Gasteiger partial charge >= 0.3 is 0 Å². The zero-order valence-corrected chi connectivity index (χ0v) is 17.4. The van der Waals surface area contributed by atoms with Crippen LogP contribution in [-0.2, 0) is 15.6 Å². The fraction of sp³-hybridized carbons (Fsp3) is 0.474. The van der Waals surface area contributed by atoms with Crippen molar-refractivity contribution in [2.24, 2.45) is 0 Å². The summed E-state index contributed by atoms with van der Waals surface area (Å²) in [5, 5.41) is 3.97. The van der Waals surface area contributed by atoms with E-state index in [0.29, 0.717) is 24.3 Å². The predicted octanol–water partition coefficient (Wildman–Crippen LogP) is 3.23. The van der Waals surface area contributed by atoms with Gasteiger partial charge in [0.05, 0.1) is 22.8 Å². The van der Waals surface area contributed by atoms with Crippen molar-refractivity contribution >= 4 is 27.5 Å². The first kappa shape index (κ1) is 19.9. The molecule has 1 aromatic carbocycles. The monoisotopic (exact) mass is 408 g/mol. The third-order valence-electron chi connectivity index (χ3n) is 4.92. The predicted molar refractivity (Wildman–Crippen MR) is 106 cm³/mol. The lowest BCUT2D eigenvalue weighted by Crippen LogP contribution is -2.41. The van der Waals surface area contributed by atoms with E-state index in [4.69, 9.17) is 4.52 Å². The summed E-state index contributed by atoms with van der Waals surface area (Å²) in [6.07, 6.45) is 0.510. The summed E-state index contributed by atoms with van der Waals surface area (Å²) in [6.45, 7) is 6.17. The first-order valence-electron chi connectivity index (χ1n) is 8.97. The molecule has 1 amide bonds. The summed E-state index contributed by atoms with van der Waals surface area (Å²) < 4.78 is 28.9. The third-order valence-corrected chi connectivity index (χ3v) is 7.77. The van der Waals surface area contributed by atoms with Crippen LogP contribution in [0.2, 0.25) is 0 Å². The number of hydrogen-bond acceptors (Lipinski definition) is 6. The van der Waals surface area contributed by atoms with Crippen LogP contribution in [0.5, 0.6) is 0 Å². The van der Waals surface area contributed by atoms with Crippen molar-refractivity contribution in [3.05, 3.63) is 46.8 Å². The van der Waals surface area contributed by atoms with Crippen LogP contribution in [0.3, 0.4) is 0 Å². The number of sulfone groups is 1. The summed E-state index contributed by atoms with van der Waals surface area (Å²) >= 11 is 1.57. The molecule has 0 unspecified atom stereocenters. The fourth-order valence-electron chi connectivity index (χ4n) is 3.37. The third kappa shape index (κ3) is 4.38. The van der Waals surface area contributed by atoms with Crippen molar-refractivity contribution < 1.29 is 17.7 Å². The minimum Gasteiger partial charge on any atom is -0.361 e. The van der Waals surface area contributed by atoms with Gasteiger partial charge in [0.2, 0.25) is 0 Å². The number of hydrogen-bond donors (Lipinski definition) is 0. The molecule has 0 bridgehead atoms. The highest BCUT2D eigenvalue weighted by Crippen LogP contribution is 2.30. The number of rotatable bonds is 6. The highest BCUT2D eigenvalue weighted by molar-refractivity contribution is 7.98. The van der Waals surface area contributed by atoms with Crippen molar-refractivity contribution in [1.29, 1.82) is 0 Å². The van der Waals surface area contributed by atoms with Gasteiger partial charge < -0.3 is 9.42 Å². The lowest BCUT2D eigenvalue weighted by atomic mass is 10.1. The van der Waals surface area contributed by atoms with Crippen LogP contribution in [0.4, 0.5) is 0 Å². The number of aromatic nitrogens is 1. The SMILES string of the molecule is CCN(C(=O)c1ccccc1SCc1c(C)noc1C)[C@@H]1CCS(=O)(=O)C1. The first-order chi connectivity index (χ1) is 12.8. The molecule has 1 fully saturated rings. The Kier molecular flexibility index (Phi) is 5.95. The molecule has 1 aromatic heterocycles. The van der Waals surface area contributed by atoms with Crippen LogP contribution >= 0.6 is 11.8 Å². The van der Waals surface area contributed by atoms with Gasteiger partial charge in [-0.15, -0.1) is 11.8 Å². The molecular weight excluding hydrogens is 384 g/mol. The van der Waals surface area contributed by atoms with E-state index in [0.717, 1.165) is 21.9 Å². The van der Waals surface area contributed by atoms with Crippen molar-refractivity contribution in [2.45, 2.75) is 43.9 Å². The smallest absolute Gasteiger partial charge is 0.255 e. The van der Waals surface area contributed by atoms with Crippen molar-refractivity contribution in [1.82, 2.24) is 10.1 Å². The maximum Gasteiger partial charge on any atom is 0.255 e. The van der Waals surface area contributed by atoms with Crippen molar-refractivity contribution in [3.63, 3.8) is 0 Å². The Morgan fingerprint density at radius 1 is 1.33 bits per heavy atom. The maximum absolute atomic E-state index is 13.2. The summed E-state index contributed by atoms with van der Waals surface area (Å²) in [5.41, 5.74) is 2.51. The Bertz CT molecular complexity index is 917. The molecule has 27 heavy (non-hydrogen) atoms. The van der Waals surface area contributed by atoms with Gasteiger partial charge in [0, 0.05) is 28.8 Å². The minimum absolute atomic E-state index is 0.0565. The van der Waals surface area contributed by atoms with Crippen LogP contribution < -0.4 is 0 Å². The fourth-order valence-corrected chi connectivity index (χ4v) is 6.30. The van der Waals surface area contributed by atoms with Gasteiger partial charge in [-0.2, -0.15) is 0 Å². The van der Waals surface area contributed by atoms with Gasteiger partial charge in [0.25, 0.3) is 5.91 Å². The van der Waals surface area contributed by atoms with E-state index in [1.165, 1.54) is 0 Å². The molecule has 146 valence electrons. The normalized spacial score (nSPS) is 18.6. The second-order valence-corrected chi connectivity index (χ2v) is 9.98. The second-order valence-electron chi connectivity index (χ2n) is 6.74. The summed E-state index contributed by atoms with van der Waals surface area (Å²) in [6, 6.07) is 7.24. The number of carbonyl (C=O) groups excluding carboxylic acids is 1. The van der Waals surface area contributed by atoms with Gasteiger partial charge in [-0.1, -0.05) is 17.3 Å². The Labute approximate surface area is 164 Å². The van der Waals surface area contributed by atoms with Crippen molar-refractivity contribution in [3.8, 4) is 0 Å². The van der Waals surface area contributed by atoms with E-state index < -0.39 is 9.84 Å². The van der Waals surface area contributed by atoms with Crippen LogP contribution in [-0.4, -0.2) is 48.5 Å². The molecule has 1 aliphatic rings. The molecule has 3 rings (SSSR count). The Hall–Kier alpha value is -1.80. The summed E-state index contributed by atoms with van der Waals surface area (Å²) in [7, 11) is -3.04. The van der Waals surface area contributed by atoms with Gasteiger partial charge in [0.1, 0.15) is 5.76 Å². The van der Waals surface area contributed by atoms with Crippen LogP contribution in [0, 0.1) is 13.8 Å². The van der Waals surface area contributed by atoms with E-state index in [9.17, 15) is 13.2 Å². The number of benzene rings is 1. The molecule has 0 saturated carbocycles. The van der Waals surface area contributed by atoms with E-state index in [1.807, 2.05) is 45.0 Å².